The Labute approximate surface area is 243 Å². The predicted octanol–water partition coefficient (Wildman–Crippen LogP) is 11.6. The first-order chi connectivity index (χ1) is 19.3. The van der Waals surface area contributed by atoms with Gasteiger partial charge in [-0.25, -0.2) is 0 Å². The Kier molecular flexibility index (Phi) is 19.2. The summed E-state index contributed by atoms with van der Waals surface area (Å²) in [5, 5.41) is 0. The predicted molar refractivity (Wildman–Crippen MR) is 174 cm³/mol. The van der Waals surface area contributed by atoms with E-state index < -0.39 is 0 Å². The molecule has 0 bridgehead atoms. The van der Waals surface area contributed by atoms with Gasteiger partial charge >= 0.3 is 0 Å². The molecule has 0 N–H and O–H groups in total. The second kappa shape index (κ2) is 22.7. The van der Waals surface area contributed by atoms with Gasteiger partial charge in [-0.2, -0.15) is 0 Å². The lowest BCUT2D eigenvalue weighted by Crippen LogP contribution is -2.48. The average molecular weight is 531 g/mol. The van der Waals surface area contributed by atoms with Crippen LogP contribution in [-0.2, 0) is 13.1 Å². The zero-order valence-corrected chi connectivity index (χ0v) is 25.3. The summed E-state index contributed by atoms with van der Waals surface area (Å²) in [6, 6.07) is 22.6. The topological polar surface area (TPSA) is 0 Å². The molecule has 0 atom stereocenters. The quantitative estimate of drug-likeness (QED) is 0.0644. The lowest BCUT2D eigenvalue weighted by molar-refractivity contribution is -0.954. The number of nitrogens with zero attached hydrogens (tertiary/aromatic N) is 1. The molecule has 0 aliphatic carbocycles. The van der Waals surface area contributed by atoms with Gasteiger partial charge in [-0.1, -0.05) is 137 Å². The third-order valence-electron chi connectivity index (χ3n) is 8.30. The molecule has 0 saturated carbocycles. The minimum absolute atomic E-state index is 1.16. The van der Waals surface area contributed by atoms with Crippen molar-refractivity contribution in [2.24, 2.45) is 0 Å². The van der Waals surface area contributed by atoms with Crippen molar-refractivity contribution in [2.75, 3.05) is 13.1 Å². The SMILES string of the molecule is C=CCCCCCCCCCC[N+](CCCCCCCCCCC=C)(Cc1ccccc1)Cc1ccccc1. The maximum absolute atomic E-state index is 3.84. The van der Waals surface area contributed by atoms with E-state index >= 15 is 0 Å². The van der Waals surface area contributed by atoms with E-state index in [9.17, 15) is 0 Å². The molecule has 216 valence electrons. The van der Waals surface area contributed by atoms with E-state index in [2.05, 4.69) is 86.0 Å². The molecule has 0 saturated heterocycles. The summed E-state index contributed by atoms with van der Waals surface area (Å²) in [5.74, 6) is 0. The largest absolute Gasteiger partial charge is 0.316 e. The number of quaternary nitrogens is 1. The number of allylic oxidation sites excluding steroid dienone is 2. The number of benzene rings is 2. The molecule has 0 aliphatic rings. The van der Waals surface area contributed by atoms with Crippen molar-refractivity contribution in [3.05, 3.63) is 97.1 Å². The van der Waals surface area contributed by atoms with Gasteiger partial charge in [0.2, 0.25) is 0 Å². The van der Waals surface area contributed by atoms with E-state index in [-0.39, 0.29) is 0 Å². The van der Waals surface area contributed by atoms with Crippen molar-refractivity contribution in [2.45, 2.75) is 129 Å². The zero-order chi connectivity index (χ0) is 27.7. The lowest BCUT2D eigenvalue weighted by Gasteiger charge is -2.39. The highest BCUT2D eigenvalue weighted by Gasteiger charge is 2.27. The Bertz CT molecular complexity index is 753. The van der Waals surface area contributed by atoms with E-state index in [0.29, 0.717) is 0 Å². The summed E-state index contributed by atoms with van der Waals surface area (Å²) < 4.78 is 1.21. The van der Waals surface area contributed by atoms with Crippen molar-refractivity contribution in [3.63, 3.8) is 0 Å². The van der Waals surface area contributed by atoms with Gasteiger partial charge in [0.05, 0.1) is 13.1 Å². The molecule has 39 heavy (non-hydrogen) atoms. The number of hydrogen-bond acceptors (Lipinski definition) is 0. The first kappa shape index (κ1) is 33.1. The Hall–Kier alpha value is -2.12. The van der Waals surface area contributed by atoms with Crippen molar-refractivity contribution in [1.82, 2.24) is 0 Å². The van der Waals surface area contributed by atoms with E-state index in [4.69, 9.17) is 0 Å². The molecule has 0 radical (unpaired) electrons. The van der Waals surface area contributed by atoms with Gasteiger partial charge in [-0.3, -0.25) is 0 Å². The van der Waals surface area contributed by atoms with Crippen molar-refractivity contribution >= 4 is 0 Å². The van der Waals surface area contributed by atoms with E-state index in [1.165, 1.54) is 144 Å². The maximum atomic E-state index is 3.84. The normalized spacial score (nSPS) is 11.5. The first-order valence-corrected chi connectivity index (χ1v) is 16.4. The van der Waals surface area contributed by atoms with Crippen LogP contribution in [0.4, 0.5) is 0 Å². The molecule has 1 nitrogen and oxygen atoms in total. The molecule has 0 amide bonds. The summed E-state index contributed by atoms with van der Waals surface area (Å²) in [5.41, 5.74) is 2.99. The van der Waals surface area contributed by atoms with Crippen LogP contribution in [-0.4, -0.2) is 17.6 Å². The van der Waals surface area contributed by atoms with Crippen LogP contribution in [0.3, 0.4) is 0 Å². The molecule has 0 unspecified atom stereocenters. The van der Waals surface area contributed by atoms with Gasteiger partial charge < -0.3 is 4.48 Å². The minimum atomic E-state index is 1.16. The van der Waals surface area contributed by atoms with Gasteiger partial charge in [-0.15, -0.1) is 13.2 Å². The number of hydrogen-bond donors (Lipinski definition) is 0. The van der Waals surface area contributed by atoms with E-state index in [1.807, 2.05) is 0 Å². The Morgan fingerprint density at radius 3 is 1.05 bits per heavy atom. The van der Waals surface area contributed by atoms with Crippen molar-refractivity contribution < 1.29 is 4.48 Å². The maximum Gasteiger partial charge on any atom is 0.105 e. The highest BCUT2D eigenvalue weighted by molar-refractivity contribution is 5.15. The average Bonchev–Trinajstić information content (AvgIpc) is 2.96. The second-order valence-corrected chi connectivity index (χ2v) is 11.9. The molecule has 2 aromatic carbocycles. The molecule has 2 rings (SSSR count). The van der Waals surface area contributed by atoms with E-state index in [0.717, 1.165) is 13.1 Å². The van der Waals surface area contributed by atoms with Crippen LogP contribution in [0.15, 0.2) is 86.0 Å². The summed E-state index contributed by atoms with van der Waals surface area (Å²) in [6.45, 7) is 12.6. The fourth-order valence-corrected chi connectivity index (χ4v) is 6.02. The highest BCUT2D eigenvalue weighted by Crippen LogP contribution is 2.24. The van der Waals surface area contributed by atoms with Crippen LogP contribution >= 0.6 is 0 Å². The first-order valence-electron chi connectivity index (χ1n) is 16.4. The van der Waals surface area contributed by atoms with Crippen molar-refractivity contribution in [3.8, 4) is 0 Å². The fourth-order valence-electron chi connectivity index (χ4n) is 6.02. The van der Waals surface area contributed by atoms with Crippen LogP contribution in [0.1, 0.15) is 127 Å². The molecule has 0 spiro atoms. The van der Waals surface area contributed by atoms with Crippen LogP contribution in [0.5, 0.6) is 0 Å². The molecule has 0 aliphatic heterocycles. The molecular weight excluding hydrogens is 470 g/mol. The van der Waals surface area contributed by atoms with Crippen LogP contribution < -0.4 is 0 Å². The van der Waals surface area contributed by atoms with E-state index in [1.54, 1.807) is 0 Å². The summed E-state index contributed by atoms with van der Waals surface area (Å²) in [6.07, 6.45) is 28.5. The molecule has 0 fully saturated rings. The Morgan fingerprint density at radius 2 is 0.718 bits per heavy atom. The standard InChI is InChI=1S/C38H60N/c1-3-5-7-9-11-13-15-17-19-27-33-39(35-37-29-23-21-24-30-37,36-38-31-25-22-26-32-38)34-28-20-18-16-14-12-10-8-6-4-2/h3-4,21-26,29-32H,1-2,5-20,27-28,33-36H2/q+1. The Balaban J connectivity index is 1.89. The van der Waals surface area contributed by atoms with Crippen LogP contribution in [0.25, 0.3) is 0 Å². The van der Waals surface area contributed by atoms with Gasteiger partial charge in [0.1, 0.15) is 13.1 Å². The highest BCUT2D eigenvalue weighted by atomic mass is 15.3. The second-order valence-electron chi connectivity index (χ2n) is 11.9. The van der Waals surface area contributed by atoms with Gasteiger partial charge in [0.15, 0.2) is 0 Å². The zero-order valence-electron chi connectivity index (χ0n) is 25.3. The van der Waals surface area contributed by atoms with Crippen molar-refractivity contribution in [1.29, 1.82) is 0 Å². The molecule has 0 aromatic heterocycles. The monoisotopic (exact) mass is 530 g/mol. The smallest absolute Gasteiger partial charge is 0.105 e. The van der Waals surface area contributed by atoms with Gasteiger partial charge in [-0.05, 0) is 51.4 Å². The fraction of sp³-hybridized carbons (Fsp3) is 0.579. The third kappa shape index (κ3) is 16.6. The summed E-state index contributed by atoms with van der Waals surface area (Å²) >= 11 is 0. The molecule has 0 heterocycles. The number of rotatable bonds is 26. The number of unbranched alkanes of at least 4 members (excludes halogenated alkanes) is 16. The van der Waals surface area contributed by atoms with Gasteiger partial charge in [0.25, 0.3) is 0 Å². The summed E-state index contributed by atoms with van der Waals surface area (Å²) in [4.78, 5) is 0. The summed E-state index contributed by atoms with van der Waals surface area (Å²) in [7, 11) is 0. The van der Waals surface area contributed by atoms with Crippen LogP contribution in [0.2, 0.25) is 0 Å². The lowest BCUT2D eigenvalue weighted by atomic mass is 10.0. The van der Waals surface area contributed by atoms with Crippen LogP contribution in [0, 0.1) is 0 Å². The Morgan fingerprint density at radius 1 is 0.410 bits per heavy atom. The van der Waals surface area contributed by atoms with Gasteiger partial charge in [0, 0.05) is 11.1 Å². The molecular formula is C38H60N+. The molecule has 1 heteroatoms. The third-order valence-corrected chi connectivity index (χ3v) is 8.30. The molecule has 2 aromatic rings. The minimum Gasteiger partial charge on any atom is -0.316 e.